The van der Waals surface area contributed by atoms with Crippen LogP contribution in [0.4, 0.5) is 5.69 Å². The topological polar surface area (TPSA) is 70.0 Å². The number of amides is 1. The van der Waals surface area contributed by atoms with Crippen LogP contribution in [0.2, 0.25) is 0 Å². The van der Waals surface area contributed by atoms with Crippen molar-refractivity contribution in [2.75, 3.05) is 7.05 Å². The summed E-state index contributed by atoms with van der Waals surface area (Å²) in [5.41, 5.74) is 3.06. The highest BCUT2D eigenvalue weighted by Crippen LogP contribution is 2.35. The molecule has 0 saturated carbocycles. The highest BCUT2D eigenvalue weighted by Gasteiger charge is 2.30. The molecule has 2 aromatic carbocycles. The van der Waals surface area contributed by atoms with Crippen LogP contribution in [-0.2, 0) is 4.79 Å². The van der Waals surface area contributed by atoms with E-state index in [0.29, 0.717) is 15.8 Å². The molecular weight excluding hydrogens is 404 g/mol. The van der Waals surface area contributed by atoms with Gasteiger partial charge >= 0.3 is 5.97 Å². The van der Waals surface area contributed by atoms with Crippen LogP contribution in [0.3, 0.4) is 0 Å². The number of carbonyl (C=O) groups excluding carboxylic acids is 1. The summed E-state index contributed by atoms with van der Waals surface area (Å²) in [5, 5.41) is 11.6. The number of aliphatic imine (C=N–C) groups is 1. The first-order valence-corrected chi connectivity index (χ1v) is 10.4. The third-order valence-corrected chi connectivity index (χ3v) is 6.28. The van der Waals surface area contributed by atoms with Crippen molar-refractivity contribution >= 4 is 51.9 Å². The molecule has 1 aromatic heterocycles. The van der Waals surface area contributed by atoms with Crippen LogP contribution < -0.4 is 0 Å². The Labute approximate surface area is 176 Å². The van der Waals surface area contributed by atoms with Gasteiger partial charge in [0, 0.05) is 11.9 Å². The van der Waals surface area contributed by atoms with Crippen LogP contribution in [0.15, 0.2) is 75.9 Å². The lowest BCUT2D eigenvalue weighted by atomic mass is 10.1. The van der Waals surface area contributed by atoms with Gasteiger partial charge in [0.15, 0.2) is 5.17 Å². The largest absolute Gasteiger partial charge is 0.478 e. The summed E-state index contributed by atoms with van der Waals surface area (Å²) < 4.78 is 0. The third-order valence-electron chi connectivity index (χ3n) is 4.34. The number of rotatable bonds is 4. The molecule has 5 nitrogen and oxygen atoms in total. The van der Waals surface area contributed by atoms with Crippen molar-refractivity contribution in [2.45, 2.75) is 0 Å². The van der Waals surface area contributed by atoms with Crippen molar-refractivity contribution < 1.29 is 14.7 Å². The van der Waals surface area contributed by atoms with Crippen LogP contribution in [0.1, 0.15) is 15.2 Å². The lowest BCUT2D eigenvalue weighted by molar-refractivity contribution is -0.121. The number of carboxylic acids is 1. The molecule has 144 valence electrons. The summed E-state index contributed by atoms with van der Waals surface area (Å²) in [7, 11) is 1.68. The minimum atomic E-state index is -0.984. The van der Waals surface area contributed by atoms with Gasteiger partial charge in [-0.1, -0.05) is 30.3 Å². The van der Waals surface area contributed by atoms with Crippen LogP contribution in [0.5, 0.6) is 0 Å². The fraction of sp³-hybridized carbons (Fsp3) is 0.0455. The third kappa shape index (κ3) is 4.16. The van der Waals surface area contributed by atoms with E-state index in [4.69, 9.17) is 5.11 Å². The Bertz CT molecular complexity index is 1130. The molecule has 0 spiro atoms. The summed E-state index contributed by atoms with van der Waals surface area (Å²) in [6.07, 6.45) is 1.89. The maximum atomic E-state index is 12.6. The van der Waals surface area contributed by atoms with Gasteiger partial charge in [-0.25, -0.2) is 9.79 Å². The molecule has 2 heterocycles. The van der Waals surface area contributed by atoms with E-state index in [1.54, 1.807) is 30.5 Å². The number of hydrogen-bond donors (Lipinski definition) is 1. The van der Waals surface area contributed by atoms with Gasteiger partial charge < -0.3 is 5.11 Å². The minimum Gasteiger partial charge on any atom is -0.478 e. The van der Waals surface area contributed by atoms with Gasteiger partial charge in [0.1, 0.15) is 0 Å². The van der Waals surface area contributed by atoms with Gasteiger partial charge in [0.05, 0.1) is 16.2 Å². The Balaban J connectivity index is 1.56. The van der Waals surface area contributed by atoms with Crippen LogP contribution in [0.25, 0.3) is 17.2 Å². The van der Waals surface area contributed by atoms with Gasteiger partial charge in [-0.15, -0.1) is 11.3 Å². The summed E-state index contributed by atoms with van der Waals surface area (Å²) >= 11 is 2.90. The molecule has 1 amide bonds. The van der Waals surface area contributed by atoms with Crippen molar-refractivity contribution in [3.63, 3.8) is 0 Å². The molecule has 4 rings (SSSR count). The number of benzene rings is 2. The number of hydrogen-bond acceptors (Lipinski definition) is 5. The second-order valence-corrected chi connectivity index (χ2v) is 8.28. The average Bonchev–Trinajstić information content (AvgIpc) is 3.30. The predicted molar refractivity (Wildman–Crippen MR) is 119 cm³/mol. The zero-order valence-electron chi connectivity index (χ0n) is 15.4. The molecule has 1 aliphatic rings. The SMILES string of the molecule is CN1C(=O)/C(=C/c2cc(-c3ccccc3)cs2)SC1=Nc1ccc(C(=O)O)cc1. The molecule has 1 saturated heterocycles. The van der Waals surface area contributed by atoms with Crippen molar-refractivity contribution in [1.82, 2.24) is 4.90 Å². The Morgan fingerprint density at radius 2 is 1.79 bits per heavy atom. The first kappa shape index (κ1) is 19.2. The first-order chi connectivity index (χ1) is 14.0. The average molecular weight is 421 g/mol. The molecule has 0 unspecified atom stereocenters. The Hall–Kier alpha value is -3.16. The molecule has 0 bridgehead atoms. The number of nitrogens with zero attached hydrogens (tertiary/aromatic N) is 2. The molecule has 1 aliphatic heterocycles. The zero-order valence-corrected chi connectivity index (χ0v) is 17.0. The summed E-state index contributed by atoms with van der Waals surface area (Å²) in [6, 6.07) is 18.4. The van der Waals surface area contributed by atoms with Crippen molar-refractivity contribution in [1.29, 1.82) is 0 Å². The standard InChI is InChI=1S/C22H16N2O3S2/c1-24-20(25)19(12-18-11-16(13-28-18)14-5-3-2-4-6-14)29-22(24)23-17-9-7-15(8-10-17)21(26)27/h2-13H,1H3,(H,26,27)/b19-12-,23-22?. The highest BCUT2D eigenvalue weighted by molar-refractivity contribution is 8.18. The quantitative estimate of drug-likeness (QED) is 0.578. The summed E-state index contributed by atoms with van der Waals surface area (Å²) in [5.74, 6) is -1.09. The molecule has 1 fully saturated rings. The van der Waals surface area contributed by atoms with E-state index in [1.165, 1.54) is 28.8 Å². The lowest BCUT2D eigenvalue weighted by Crippen LogP contribution is -2.23. The van der Waals surface area contributed by atoms with Crippen molar-refractivity contribution in [3.8, 4) is 11.1 Å². The number of carboxylic acid groups (broad SMARTS) is 1. The number of aromatic carboxylic acids is 1. The predicted octanol–water partition coefficient (Wildman–Crippen LogP) is 5.35. The smallest absolute Gasteiger partial charge is 0.335 e. The van der Waals surface area contributed by atoms with E-state index in [-0.39, 0.29) is 11.5 Å². The van der Waals surface area contributed by atoms with E-state index < -0.39 is 5.97 Å². The second-order valence-electron chi connectivity index (χ2n) is 6.33. The fourth-order valence-electron chi connectivity index (χ4n) is 2.78. The molecule has 7 heteroatoms. The maximum Gasteiger partial charge on any atom is 0.335 e. The van der Waals surface area contributed by atoms with Crippen molar-refractivity contribution in [2.24, 2.45) is 4.99 Å². The minimum absolute atomic E-state index is 0.106. The van der Waals surface area contributed by atoms with Crippen LogP contribution in [0, 0.1) is 0 Å². The molecule has 0 atom stereocenters. The van der Waals surface area contributed by atoms with Crippen LogP contribution >= 0.6 is 23.1 Å². The van der Waals surface area contributed by atoms with E-state index in [1.807, 2.05) is 24.3 Å². The molecule has 0 radical (unpaired) electrons. The Morgan fingerprint density at radius 1 is 1.07 bits per heavy atom. The number of thiophene rings is 1. The Morgan fingerprint density at radius 3 is 2.48 bits per heavy atom. The van der Waals surface area contributed by atoms with Crippen molar-refractivity contribution in [3.05, 3.63) is 81.4 Å². The van der Waals surface area contributed by atoms with E-state index in [2.05, 4.69) is 28.6 Å². The van der Waals surface area contributed by atoms with Gasteiger partial charge in [-0.2, -0.15) is 0 Å². The summed E-state index contributed by atoms with van der Waals surface area (Å²) in [6.45, 7) is 0. The second kappa shape index (κ2) is 8.06. The molecule has 3 aromatic rings. The van der Waals surface area contributed by atoms with E-state index >= 15 is 0 Å². The fourth-order valence-corrected chi connectivity index (χ4v) is 4.68. The molecule has 1 N–H and O–H groups in total. The molecular formula is C22H16N2O3S2. The number of likely N-dealkylation sites (N-methyl/N-ethyl adjacent to an activating group) is 1. The first-order valence-electron chi connectivity index (χ1n) is 8.75. The Kier molecular flexibility index (Phi) is 5.33. The molecule has 0 aliphatic carbocycles. The normalized spacial score (nSPS) is 16.7. The monoisotopic (exact) mass is 420 g/mol. The van der Waals surface area contributed by atoms with Gasteiger partial charge in [0.25, 0.3) is 5.91 Å². The van der Waals surface area contributed by atoms with Gasteiger partial charge in [0.2, 0.25) is 0 Å². The maximum absolute atomic E-state index is 12.6. The number of amidine groups is 1. The van der Waals surface area contributed by atoms with Crippen LogP contribution in [-0.4, -0.2) is 34.1 Å². The highest BCUT2D eigenvalue weighted by atomic mass is 32.2. The van der Waals surface area contributed by atoms with Gasteiger partial charge in [-0.05, 0) is 64.7 Å². The van der Waals surface area contributed by atoms with E-state index in [9.17, 15) is 9.59 Å². The molecule has 29 heavy (non-hydrogen) atoms. The van der Waals surface area contributed by atoms with E-state index in [0.717, 1.165) is 16.0 Å². The van der Waals surface area contributed by atoms with Gasteiger partial charge in [-0.3, -0.25) is 9.69 Å². The summed E-state index contributed by atoms with van der Waals surface area (Å²) in [4.78, 5) is 31.2. The number of thioether (sulfide) groups is 1. The lowest BCUT2D eigenvalue weighted by Gasteiger charge is -2.07. The number of carbonyl (C=O) groups is 2. The zero-order chi connectivity index (χ0) is 20.4.